The van der Waals surface area contributed by atoms with Gasteiger partial charge in [-0.15, -0.1) is 0 Å². The van der Waals surface area contributed by atoms with Gasteiger partial charge in [0.15, 0.2) is 0 Å². The number of halogens is 2. The first-order chi connectivity index (χ1) is 13.0. The lowest BCUT2D eigenvalue weighted by molar-refractivity contribution is 0.0652. The van der Waals surface area contributed by atoms with E-state index in [0.717, 1.165) is 23.1 Å². The van der Waals surface area contributed by atoms with Gasteiger partial charge < -0.3 is 5.11 Å². The van der Waals surface area contributed by atoms with Crippen LogP contribution in [-0.2, 0) is 0 Å². The monoisotopic (exact) mass is 369 g/mol. The lowest BCUT2D eigenvalue weighted by Gasteiger charge is -2.31. The number of alkyl halides is 2. The Bertz CT molecular complexity index is 979. The second kappa shape index (κ2) is 7.12. The maximum atomic E-state index is 13.7. The number of aromatic hydroxyl groups is 1. The van der Waals surface area contributed by atoms with Gasteiger partial charge in [0, 0.05) is 13.1 Å². The Kier molecular flexibility index (Phi) is 4.66. The summed E-state index contributed by atoms with van der Waals surface area (Å²) >= 11 is 0. The standard InChI is InChI=1S/C21H21F2N3O/c1-14(20-24-18-4-2-3-5-19(18)26(20)21(22)23)25-12-10-16(11-13-25)15-6-8-17(27)9-7-15/h2-10,14,21,27H,11-13H2,1H3/t14-/m0/s1. The number of benzene rings is 2. The van der Waals surface area contributed by atoms with Crippen molar-refractivity contribution in [1.82, 2.24) is 14.5 Å². The Morgan fingerprint density at radius 3 is 2.48 bits per heavy atom. The van der Waals surface area contributed by atoms with Crippen LogP contribution < -0.4 is 0 Å². The average molecular weight is 369 g/mol. The first-order valence-electron chi connectivity index (χ1n) is 9.02. The molecule has 0 radical (unpaired) electrons. The molecule has 2 heterocycles. The van der Waals surface area contributed by atoms with Crippen LogP contribution in [0, 0.1) is 0 Å². The molecule has 0 fully saturated rings. The van der Waals surface area contributed by atoms with Gasteiger partial charge in [-0.1, -0.05) is 30.3 Å². The number of phenols is 1. The zero-order chi connectivity index (χ0) is 19.0. The first-order valence-corrected chi connectivity index (χ1v) is 9.02. The summed E-state index contributed by atoms with van der Waals surface area (Å²) in [5, 5.41) is 9.43. The van der Waals surface area contributed by atoms with Crippen LogP contribution in [0.2, 0.25) is 0 Å². The van der Waals surface area contributed by atoms with E-state index in [4.69, 9.17) is 0 Å². The van der Waals surface area contributed by atoms with Crippen LogP contribution in [0.25, 0.3) is 16.6 Å². The Morgan fingerprint density at radius 1 is 1.07 bits per heavy atom. The van der Waals surface area contributed by atoms with E-state index >= 15 is 0 Å². The molecule has 0 unspecified atom stereocenters. The Hall–Kier alpha value is -2.73. The lowest BCUT2D eigenvalue weighted by atomic mass is 9.98. The molecule has 2 aromatic carbocycles. The minimum absolute atomic E-state index is 0.219. The van der Waals surface area contributed by atoms with E-state index in [9.17, 15) is 13.9 Å². The zero-order valence-corrected chi connectivity index (χ0v) is 15.0. The van der Waals surface area contributed by atoms with Gasteiger partial charge in [0.05, 0.1) is 17.1 Å². The molecular weight excluding hydrogens is 348 g/mol. The molecule has 4 rings (SSSR count). The van der Waals surface area contributed by atoms with Crippen LogP contribution in [0.5, 0.6) is 5.75 Å². The van der Waals surface area contributed by atoms with Crippen molar-refractivity contribution in [2.45, 2.75) is 25.9 Å². The third kappa shape index (κ3) is 3.32. The predicted octanol–water partition coefficient (Wildman–Crippen LogP) is 4.99. The molecule has 140 valence electrons. The minimum atomic E-state index is -2.62. The van der Waals surface area contributed by atoms with Crippen molar-refractivity contribution < 1.29 is 13.9 Å². The summed E-state index contributed by atoms with van der Waals surface area (Å²) in [6.45, 7) is 0.742. The summed E-state index contributed by atoms with van der Waals surface area (Å²) in [7, 11) is 0. The second-order valence-electron chi connectivity index (χ2n) is 6.80. The van der Waals surface area contributed by atoms with E-state index in [0.29, 0.717) is 23.4 Å². The quantitative estimate of drug-likeness (QED) is 0.705. The Balaban J connectivity index is 1.59. The van der Waals surface area contributed by atoms with Crippen LogP contribution in [0.4, 0.5) is 8.78 Å². The van der Waals surface area contributed by atoms with Crippen molar-refractivity contribution in [3.63, 3.8) is 0 Å². The molecule has 0 bridgehead atoms. The minimum Gasteiger partial charge on any atom is -0.508 e. The average Bonchev–Trinajstić information content (AvgIpc) is 3.08. The van der Waals surface area contributed by atoms with Gasteiger partial charge in [-0.3, -0.25) is 9.47 Å². The van der Waals surface area contributed by atoms with Gasteiger partial charge in [0.2, 0.25) is 0 Å². The highest BCUT2D eigenvalue weighted by Crippen LogP contribution is 2.32. The summed E-state index contributed by atoms with van der Waals surface area (Å²) in [6, 6.07) is 14.0. The molecule has 3 aromatic rings. The van der Waals surface area contributed by atoms with Crippen LogP contribution in [-0.4, -0.2) is 32.6 Å². The van der Waals surface area contributed by atoms with Crippen LogP contribution in [0.1, 0.15) is 37.3 Å². The summed E-state index contributed by atoms with van der Waals surface area (Å²) in [5.74, 6) is 0.643. The summed E-state index contributed by atoms with van der Waals surface area (Å²) in [4.78, 5) is 6.65. The zero-order valence-electron chi connectivity index (χ0n) is 15.0. The SMILES string of the molecule is C[C@@H](c1nc2ccccc2n1C(F)F)N1CC=C(c2ccc(O)cc2)CC1. The summed E-state index contributed by atoms with van der Waals surface area (Å²) in [5.41, 5.74) is 3.35. The molecule has 0 aliphatic carbocycles. The maximum absolute atomic E-state index is 13.7. The molecule has 27 heavy (non-hydrogen) atoms. The van der Waals surface area contributed by atoms with Crippen LogP contribution in [0.15, 0.2) is 54.6 Å². The fourth-order valence-electron chi connectivity index (χ4n) is 3.70. The van der Waals surface area contributed by atoms with Gasteiger partial charge in [-0.05, 0) is 48.7 Å². The fraction of sp³-hybridized carbons (Fsp3) is 0.286. The highest BCUT2D eigenvalue weighted by Gasteiger charge is 2.27. The Morgan fingerprint density at radius 2 is 1.81 bits per heavy atom. The van der Waals surface area contributed by atoms with E-state index < -0.39 is 6.55 Å². The van der Waals surface area contributed by atoms with E-state index in [1.165, 1.54) is 5.57 Å². The normalized spacial score (nSPS) is 16.7. The molecule has 4 nitrogen and oxygen atoms in total. The Labute approximate surface area is 156 Å². The van der Waals surface area contributed by atoms with Gasteiger partial charge >= 0.3 is 6.55 Å². The largest absolute Gasteiger partial charge is 0.508 e. The molecule has 0 saturated heterocycles. The van der Waals surface area contributed by atoms with Crippen LogP contribution in [0.3, 0.4) is 0 Å². The van der Waals surface area contributed by atoms with Crippen molar-refractivity contribution in [2.24, 2.45) is 0 Å². The summed E-state index contributed by atoms with van der Waals surface area (Å²) in [6.07, 6.45) is 2.95. The first kappa shape index (κ1) is 17.7. The van der Waals surface area contributed by atoms with E-state index in [1.807, 2.05) is 25.1 Å². The highest BCUT2D eigenvalue weighted by atomic mass is 19.3. The molecule has 0 amide bonds. The number of rotatable bonds is 4. The van der Waals surface area contributed by atoms with E-state index in [1.54, 1.807) is 30.3 Å². The van der Waals surface area contributed by atoms with E-state index in [2.05, 4.69) is 16.0 Å². The highest BCUT2D eigenvalue weighted by molar-refractivity contribution is 5.76. The third-order valence-corrected chi connectivity index (χ3v) is 5.22. The van der Waals surface area contributed by atoms with E-state index in [-0.39, 0.29) is 11.8 Å². The molecule has 1 aliphatic rings. The van der Waals surface area contributed by atoms with Gasteiger partial charge in [0.1, 0.15) is 11.6 Å². The third-order valence-electron chi connectivity index (χ3n) is 5.22. The van der Waals surface area contributed by atoms with Crippen molar-refractivity contribution in [3.05, 3.63) is 66.0 Å². The second-order valence-corrected chi connectivity index (χ2v) is 6.80. The fourth-order valence-corrected chi connectivity index (χ4v) is 3.70. The van der Waals surface area contributed by atoms with Crippen molar-refractivity contribution in [3.8, 4) is 5.75 Å². The molecule has 1 aliphatic heterocycles. The predicted molar refractivity (Wildman–Crippen MR) is 102 cm³/mol. The van der Waals surface area contributed by atoms with Gasteiger partial charge in [0.25, 0.3) is 0 Å². The van der Waals surface area contributed by atoms with Gasteiger partial charge in [-0.2, -0.15) is 8.78 Å². The molecule has 0 spiro atoms. The van der Waals surface area contributed by atoms with Crippen LogP contribution >= 0.6 is 0 Å². The maximum Gasteiger partial charge on any atom is 0.320 e. The number of aromatic nitrogens is 2. The molecule has 6 heteroatoms. The molecule has 1 aromatic heterocycles. The van der Waals surface area contributed by atoms with Crippen molar-refractivity contribution in [1.29, 1.82) is 0 Å². The number of hydrogen-bond donors (Lipinski definition) is 1. The number of phenolic OH excluding ortho intramolecular Hbond substituents is 1. The number of hydrogen-bond acceptors (Lipinski definition) is 3. The summed E-state index contributed by atoms with van der Waals surface area (Å²) < 4.78 is 28.5. The van der Waals surface area contributed by atoms with Crippen molar-refractivity contribution >= 4 is 16.6 Å². The molecule has 0 saturated carbocycles. The molecule has 1 N–H and O–H groups in total. The number of fused-ring (bicyclic) bond motifs is 1. The molecule has 1 atom stereocenters. The number of para-hydroxylation sites is 2. The smallest absolute Gasteiger partial charge is 0.320 e. The lowest BCUT2D eigenvalue weighted by Crippen LogP contribution is -2.33. The van der Waals surface area contributed by atoms with Gasteiger partial charge in [-0.25, -0.2) is 4.98 Å². The topological polar surface area (TPSA) is 41.3 Å². The van der Waals surface area contributed by atoms with Crippen molar-refractivity contribution in [2.75, 3.05) is 13.1 Å². The number of nitrogens with zero attached hydrogens (tertiary/aromatic N) is 3. The molecular formula is C21H21F2N3O. The number of imidazole rings is 1.